The van der Waals surface area contributed by atoms with E-state index >= 15 is 0 Å². The van der Waals surface area contributed by atoms with Crippen LogP contribution in [0, 0.1) is 6.92 Å². The topological polar surface area (TPSA) is 0 Å². The number of benzene rings is 4. The van der Waals surface area contributed by atoms with Gasteiger partial charge in [0.25, 0.3) is 0 Å². The molecule has 0 fully saturated rings. The quantitative estimate of drug-likeness (QED) is 0.341. The summed E-state index contributed by atoms with van der Waals surface area (Å²) in [6.07, 6.45) is 3.27. The van der Waals surface area contributed by atoms with Gasteiger partial charge in [0.15, 0.2) is 0 Å². The van der Waals surface area contributed by atoms with Gasteiger partial charge < -0.3 is 0 Å². The predicted molar refractivity (Wildman–Crippen MR) is 114 cm³/mol. The molecule has 127 valence electrons. The second-order valence-electron chi connectivity index (χ2n) is 6.96. The van der Waals surface area contributed by atoms with E-state index in [0.29, 0.717) is 0 Å². The molecule has 4 aromatic rings. The maximum atomic E-state index is 4.33. The highest BCUT2D eigenvalue weighted by molar-refractivity contribution is 6.02. The standard InChI is InChI=1S/C26H23/c1-19(21-9-4-3-5-10-21)15-16-20(2)25-14-8-13-24-17-22-11-6-7-12-23(22)18-26(24)25/h3-14,16-19H,1,15H2,2H3/b20-16-. The van der Waals surface area contributed by atoms with Crippen molar-refractivity contribution < 1.29 is 0 Å². The molecule has 0 aliphatic rings. The van der Waals surface area contributed by atoms with Crippen molar-refractivity contribution in [1.82, 2.24) is 0 Å². The number of hydrogen-bond acceptors (Lipinski definition) is 0. The fourth-order valence-electron chi connectivity index (χ4n) is 3.60. The molecule has 0 heterocycles. The Morgan fingerprint density at radius 1 is 0.808 bits per heavy atom. The van der Waals surface area contributed by atoms with E-state index in [-0.39, 0.29) is 5.92 Å². The summed E-state index contributed by atoms with van der Waals surface area (Å²) in [6.45, 7) is 6.54. The van der Waals surface area contributed by atoms with E-state index in [1.807, 2.05) is 0 Å². The van der Waals surface area contributed by atoms with Gasteiger partial charge in [-0.05, 0) is 76.6 Å². The number of rotatable bonds is 4. The first-order chi connectivity index (χ1) is 12.7. The van der Waals surface area contributed by atoms with Crippen LogP contribution in [0.2, 0.25) is 0 Å². The molecule has 0 heteroatoms. The lowest BCUT2D eigenvalue weighted by Crippen LogP contribution is -1.92. The first-order valence-electron chi connectivity index (χ1n) is 9.19. The maximum Gasteiger partial charge on any atom is -0.0102 e. The summed E-state index contributed by atoms with van der Waals surface area (Å²) in [7, 11) is 0. The van der Waals surface area contributed by atoms with E-state index < -0.39 is 0 Å². The van der Waals surface area contributed by atoms with Crippen molar-refractivity contribution in [3.8, 4) is 0 Å². The fourth-order valence-corrected chi connectivity index (χ4v) is 3.60. The molecule has 1 unspecified atom stereocenters. The van der Waals surface area contributed by atoms with Gasteiger partial charge in [0, 0.05) is 0 Å². The van der Waals surface area contributed by atoms with Crippen LogP contribution >= 0.6 is 0 Å². The maximum absolute atomic E-state index is 4.33. The fraction of sp³-hybridized carbons (Fsp3) is 0.115. The summed E-state index contributed by atoms with van der Waals surface area (Å²) in [5.41, 5.74) is 3.92. The van der Waals surface area contributed by atoms with Crippen LogP contribution in [-0.4, -0.2) is 0 Å². The Morgan fingerprint density at radius 2 is 1.46 bits per heavy atom. The van der Waals surface area contributed by atoms with Gasteiger partial charge in [-0.2, -0.15) is 0 Å². The third-order valence-electron chi connectivity index (χ3n) is 5.15. The van der Waals surface area contributed by atoms with Crippen LogP contribution in [0.3, 0.4) is 0 Å². The SMILES string of the molecule is [CH2]C(C/C=C(/C)c1cccc2cc3ccccc3cc12)c1ccccc1. The Hall–Kier alpha value is -2.86. The van der Waals surface area contributed by atoms with Crippen molar-refractivity contribution in [2.45, 2.75) is 19.3 Å². The molecular weight excluding hydrogens is 312 g/mol. The second kappa shape index (κ2) is 7.17. The van der Waals surface area contributed by atoms with Crippen LogP contribution in [0.4, 0.5) is 0 Å². The first-order valence-corrected chi connectivity index (χ1v) is 9.19. The highest BCUT2D eigenvalue weighted by Crippen LogP contribution is 2.30. The zero-order valence-electron chi connectivity index (χ0n) is 15.2. The average Bonchev–Trinajstić information content (AvgIpc) is 2.70. The predicted octanol–water partition coefficient (Wildman–Crippen LogP) is 7.40. The highest BCUT2D eigenvalue weighted by atomic mass is 14.1. The summed E-state index contributed by atoms with van der Waals surface area (Å²) >= 11 is 0. The molecule has 0 bridgehead atoms. The molecule has 0 aliphatic heterocycles. The normalized spacial score (nSPS) is 13.2. The Bertz CT molecular complexity index is 1070. The minimum Gasteiger partial charge on any atom is -0.0804 e. The lowest BCUT2D eigenvalue weighted by Gasteiger charge is -2.12. The lowest BCUT2D eigenvalue weighted by molar-refractivity contribution is 0.860. The van der Waals surface area contributed by atoms with Gasteiger partial charge in [-0.1, -0.05) is 78.9 Å². The summed E-state index contributed by atoms with van der Waals surface area (Å²) in [6, 6.07) is 30.3. The summed E-state index contributed by atoms with van der Waals surface area (Å²) in [4.78, 5) is 0. The minimum absolute atomic E-state index is 0.280. The van der Waals surface area contributed by atoms with Gasteiger partial charge in [-0.3, -0.25) is 0 Å². The van der Waals surface area contributed by atoms with E-state index in [1.165, 1.54) is 38.2 Å². The lowest BCUT2D eigenvalue weighted by atomic mass is 9.93. The van der Waals surface area contributed by atoms with Crippen molar-refractivity contribution in [2.75, 3.05) is 0 Å². The van der Waals surface area contributed by atoms with Gasteiger partial charge in [0.05, 0.1) is 0 Å². The monoisotopic (exact) mass is 335 g/mol. The van der Waals surface area contributed by atoms with Gasteiger partial charge >= 0.3 is 0 Å². The van der Waals surface area contributed by atoms with E-state index in [2.05, 4.69) is 105 Å². The van der Waals surface area contributed by atoms with Crippen LogP contribution in [-0.2, 0) is 0 Å². The highest BCUT2D eigenvalue weighted by Gasteiger charge is 2.07. The summed E-state index contributed by atoms with van der Waals surface area (Å²) in [5, 5.41) is 5.20. The second-order valence-corrected chi connectivity index (χ2v) is 6.96. The Labute approximate surface area is 155 Å². The third-order valence-corrected chi connectivity index (χ3v) is 5.15. The van der Waals surface area contributed by atoms with Crippen molar-refractivity contribution in [3.63, 3.8) is 0 Å². The van der Waals surface area contributed by atoms with Gasteiger partial charge in [-0.25, -0.2) is 0 Å². The first kappa shape index (κ1) is 16.6. The smallest absolute Gasteiger partial charge is 0.0102 e. The van der Waals surface area contributed by atoms with E-state index in [9.17, 15) is 0 Å². The Morgan fingerprint density at radius 3 is 2.23 bits per heavy atom. The largest absolute Gasteiger partial charge is 0.0804 e. The number of fused-ring (bicyclic) bond motifs is 2. The van der Waals surface area contributed by atoms with Gasteiger partial charge in [-0.15, -0.1) is 0 Å². The van der Waals surface area contributed by atoms with Gasteiger partial charge in [0.1, 0.15) is 0 Å². The average molecular weight is 335 g/mol. The van der Waals surface area contributed by atoms with Crippen molar-refractivity contribution in [2.24, 2.45) is 0 Å². The zero-order chi connectivity index (χ0) is 17.9. The molecule has 0 spiro atoms. The van der Waals surface area contributed by atoms with E-state index in [4.69, 9.17) is 0 Å². The van der Waals surface area contributed by atoms with E-state index in [1.54, 1.807) is 0 Å². The van der Waals surface area contributed by atoms with Crippen LogP contribution in [0.5, 0.6) is 0 Å². The van der Waals surface area contributed by atoms with Gasteiger partial charge in [0.2, 0.25) is 0 Å². The molecule has 0 amide bonds. The minimum atomic E-state index is 0.280. The molecule has 26 heavy (non-hydrogen) atoms. The number of allylic oxidation sites excluding steroid dienone is 2. The molecule has 0 aliphatic carbocycles. The van der Waals surface area contributed by atoms with Crippen LogP contribution in [0.25, 0.3) is 27.1 Å². The summed E-state index contributed by atoms with van der Waals surface area (Å²) < 4.78 is 0. The van der Waals surface area contributed by atoms with Crippen molar-refractivity contribution in [1.29, 1.82) is 0 Å². The third kappa shape index (κ3) is 3.28. The molecule has 4 rings (SSSR count). The Balaban J connectivity index is 1.70. The molecule has 0 N–H and O–H groups in total. The van der Waals surface area contributed by atoms with Crippen molar-refractivity contribution >= 4 is 27.1 Å². The molecule has 1 atom stereocenters. The molecule has 0 saturated heterocycles. The van der Waals surface area contributed by atoms with Crippen LogP contribution < -0.4 is 0 Å². The molecule has 0 saturated carbocycles. The molecule has 1 radical (unpaired) electrons. The van der Waals surface area contributed by atoms with Crippen molar-refractivity contribution in [3.05, 3.63) is 109 Å². The molecular formula is C26H23. The molecule has 0 nitrogen and oxygen atoms in total. The van der Waals surface area contributed by atoms with E-state index in [0.717, 1.165) is 6.42 Å². The zero-order valence-corrected chi connectivity index (χ0v) is 15.2. The molecule has 0 aromatic heterocycles. The molecule has 4 aromatic carbocycles. The summed E-state index contributed by atoms with van der Waals surface area (Å²) in [5.74, 6) is 0.280. The van der Waals surface area contributed by atoms with Crippen LogP contribution in [0.1, 0.15) is 30.4 Å². The van der Waals surface area contributed by atoms with Crippen LogP contribution in [0.15, 0.2) is 91.0 Å². The Kier molecular flexibility index (Phi) is 4.58. The number of hydrogen-bond donors (Lipinski definition) is 0.